The number of amides is 1. The highest BCUT2D eigenvalue weighted by Gasteiger charge is 2.30. The molecule has 3 aromatic rings. The number of pyridine rings is 1. The van der Waals surface area contributed by atoms with Crippen molar-refractivity contribution in [2.45, 2.75) is 69.7 Å². The smallest absolute Gasteiger partial charge is 0.261 e. The minimum atomic E-state index is -3.88. The van der Waals surface area contributed by atoms with Crippen LogP contribution in [-0.2, 0) is 21.3 Å². The Balaban J connectivity index is 1.64. The number of benzene rings is 2. The number of rotatable bonds is 9. The van der Waals surface area contributed by atoms with Gasteiger partial charge in [-0.2, -0.15) is 0 Å². The second kappa shape index (κ2) is 16.2. The first-order chi connectivity index (χ1) is 21.6. The van der Waals surface area contributed by atoms with E-state index >= 15 is 0 Å². The fourth-order valence-corrected chi connectivity index (χ4v) is 6.50. The SMILES string of the molecule is C[C@H](CO)N1C[C@H](C)[C@@H](CN(C)Cc2ccncc2)OCCCC[C@H](C)Oc2ccc(NS(=O)(=O)c3ccccc3)cc2C1=O. The van der Waals surface area contributed by atoms with Gasteiger partial charge in [0.1, 0.15) is 5.75 Å². The standard InChI is InChI=1S/C34H46N4O6S/c1-25-21-38(26(2)24-39)34(40)31-20-29(36-45(41,42)30-11-6-5-7-12-30)13-14-32(31)44-27(3)10-8-9-19-43-33(25)23-37(4)22-28-15-17-35-18-16-28/h5-7,11-18,20,25-27,33,36,39H,8-10,19,21-24H2,1-4H3/t25-,26+,27-,33+/m0/s1. The molecule has 1 aliphatic rings. The van der Waals surface area contributed by atoms with Crippen molar-refractivity contribution >= 4 is 21.6 Å². The fourth-order valence-electron chi connectivity index (χ4n) is 5.43. The summed E-state index contributed by atoms with van der Waals surface area (Å²) in [6.45, 7) is 7.88. The lowest BCUT2D eigenvalue weighted by atomic mass is 10.0. The van der Waals surface area contributed by atoms with E-state index in [1.807, 2.05) is 26.1 Å². The van der Waals surface area contributed by atoms with Crippen LogP contribution in [0.3, 0.4) is 0 Å². The van der Waals surface area contributed by atoms with E-state index < -0.39 is 16.1 Å². The van der Waals surface area contributed by atoms with Gasteiger partial charge in [0, 0.05) is 50.2 Å². The number of nitrogens with one attached hydrogen (secondary N) is 1. The number of nitrogens with zero attached hydrogens (tertiary/aromatic N) is 3. The predicted molar refractivity (Wildman–Crippen MR) is 175 cm³/mol. The van der Waals surface area contributed by atoms with Crippen LogP contribution in [0.2, 0.25) is 0 Å². The first-order valence-electron chi connectivity index (χ1n) is 15.6. The van der Waals surface area contributed by atoms with Gasteiger partial charge in [0.15, 0.2) is 0 Å². The molecule has 0 unspecified atom stereocenters. The highest BCUT2D eigenvalue weighted by Crippen LogP contribution is 2.29. The van der Waals surface area contributed by atoms with Crippen LogP contribution in [-0.4, -0.2) is 85.8 Å². The highest BCUT2D eigenvalue weighted by molar-refractivity contribution is 7.92. The molecule has 244 valence electrons. The molecule has 4 rings (SSSR count). The first-order valence-corrected chi connectivity index (χ1v) is 17.0. The first kappa shape index (κ1) is 34.4. The molecular weight excluding hydrogens is 592 g/mol. The van der Waals surface area contributed by atoms with Crippen molar-refractivity contribution in [3.05, 3.63) is 84.2 Å². The summed E-state index contributed by atoms with van der Waals surface area (Å²) in [7, 11) is -1.83. The van der Waals surface area contributed by atoms with Crippen LogP contribution < -0.4 is 9.46 Å². The van der Waals surface area contributed by atoms with Crippen molar-refractivity contribution in [2.24, 2.45) is 5.92 Å². The Hall–Kier alpha value is -3.51. The number of anilines is 1. The maximum atomic E-state index is 14.3. The number of aliphatic hydroxyl groups excluding tert-OH is 1. The van der Waals surface area contributed by atoms with Crippen molar-refractivity contribution in [1.82, 2.24) is 14.8 Å². The monoisotopic (exact) mass is 638 g/mol. The predicted octanol–water partition coefficient (Wildman–Crippen LogP) is 4.81. The van der Waals surface area contributed by atoms with Gasteiger partial charge in [0.05, 0.1) is 35.3 Å². The Labute approximate surface area is 267 Å². The van der Waals surface area contributed by atoms with Crippen molar-refractivity contribution in [2.75, 3.05) is 38.1 Å². The van der Waals surface area contributed by atoms with E-state index in [1.54, 1.807) is 54.5 Å². The molecule has 0 saturated heterocycles. The summed E-state index contributed by atoms with van der Waals surface area (Å²) in [6, 6.07) is 16.3. The molecule has 4 atom stereocenters. The van der Waals surface area contributed by atoms with E-state index in [0.29, 0.717) is 25.4 Å². The van der Waals surface area contributed by atoms with Gasteiger partial charge < -0.3 is 19.5 Å². The topological polar surface area (TPSA) is 121 Å². The van der Waals surface area contributed by atoms with Gasteiger partial charge in [0.25, 0.3) is 15.9 Å². The molecule has 0 saturated carbocycles. The Bertz CT molecular complexity index is 1470. The third-order valence-corrected chi connectivity index (χ3v) is 9.45. The molecule has 10 nitrogen and oxygen atoms in total. The van der Waals surface area contributed by atoms with Crippen LogP contribution in [0.1, 0.15) is 56.0 Å². The maximum absolute atomic E-state index is 14.3. The van der Waals surface area contributed by atoms with E-state index in [0.717, 1.165) is 31.4 Å². The quantitative estimate of drug-likeness (QED) is 0.343. The zero-order valence-corrected chi connectivity index (χ0v) is 27.4. The zero-order chi connectivity index (χ0) is 32.4. The van der Waals surface area contributed by atoms with E-state index in [1.165, 1.54) is 18.2 Å². The molecule has 0 bridgehead atoms. The molecule has 2 N–H and O–H groups in total. The normalized spacial score (nSPS) is 21.0. The number of carbonyl (C=O) groups is 1. The second-order valence-corrected chi connectivity index (χ2v) is 13.7. The third-order valence-electron chi connectivity index (χ3n) is 8.05. The molecule has 45 heavy (non-hydrogen) atoms. The lowest BCUT2D eigenvalue weighted by molar-refractivity contribution is -0.0177. The van der Waals surface area contributed by atoms with Gasteiger partial charge in [-0.3, -0.25) is 19.4 Å². The average Bonchev–Trinajstić information content (AvgIpc) is 3.03. The van der Waals surface area contributed by atoms with Crippen LogP contribution in [0, 0.1) is 5.92 Å². The minimum absolute atomic E-state index is 0.0751. The van der Waals surface area contributed by atoms with Gasteiger partial charge in [-0.25, -0.2) is 8.42 Å². The van der Waals surface area contributed by atoms with Crippen LogP contribution in [0.5, 0.6) is 5.75 Å². The number of ether oxygens (including phenoxy) is 2. The highest BCUT2D eigenvalue weighted by atomic mass is 32.2. The fraction of sp³-hybridized carbons (Fsp3) is 0.471. The van der Waals surface area contributed by atoms with Crippen molar-refractivity contribution < 1.29 is 27.8 Å². The van der Waals surface area contributed by atoms with Crippen LogP contribution in [0.4, 0.5) is 5.69 Å². The van der Waals surface area contributed by atoms with Gasteiger partial charge in [-0.1, -0.05) is 25.1 Å². The van der Waals surface area contributed by atoms with E-state index in [9.17, 15) is 18.3 Å². The number of sulfonamides is 1. The average molecular weight is 639 g/mol. The van der Waals surface area contributed by atoms with Crippen LogP contribution in [0.15, 0.2) is 78.0 Å². The van der Waals surface area contributed by atoms with Crippen molar-refractivity contribution in [3.8, 4) is 5.75 Å². The summed E-state index contributed by atoms with van der Waals surface area (Å²) in [5.74, 6) is -0.0546. The number of fused-ring (bicyclic) bond motifs is 1. The summed E-state index contributed by atoms with van der Waals surface area (Å²) in [6.07, 6.45) is 5.73. The Kier molecular flexibility index (Phi) is 12.3. The van der Waals surface area contributed by atoms with Gasteiger partial charge >= 0.3 is 0 Å². The third kappa shape index (κ3) is 9.74. The Morgan fingerprint density at radius 2 is 1.82 bits per heavy atom. The molecule has 0 aliphatic carbocycles. The van der Waals surface area contributed by atoms with Gasteiger partial charge in [0.2, 0.25) is 0 Å². The van der Waals surface area contributed by atoms with E-state index in [2.05, 4.69) is 21.5 Å². The molecule has 1 aliphatic heterocycles. The van der Waals surface area contributed by atoms with Gasteiger partial charge in [-0.05, 0) is 88.2 Å². The molecule has 0 spiro atoms. The summed E-state index contributed by atoms with van der Waals surface area (Å²) < 4.78 is 41.5. The number of carbonyl (C=O) groups excluding carboxylic acids is 1. The van der Waals surface area contributed by atoms with E-state index in [-0.39, 0.29) is 46.8 Å². The molecule has 0 radical (unpaired) electrons. The number of likely N-dealkylation sites (N-methyl/N-ethyl adjacent to an activating group) is 1. The minimum Gasteiger partial charge on any atom is -0.490 e. The van der Waals surface area contributed by atoms with Gasteiger partial charge in [-0.15, -0.1) is 0 Å². The van der Waals surface area contributed by atoms with Crippen molar-refractivity contribution in [1.29, 1.82) is 0 Å². The Morgan fingerprint density at radius 3 is 2.53 bits per heavy atom. The molecule has 1 aromatic heterocycles. The summed E-state index contributed by atoms with van der Waals surface area (Å²) in [4.78, 5) is 22.4. The largest absolute Gasteiger partial charge is 0.490 e. The number of hydrogen-bond donors (Lipinski definition) is 2. The lowest BCUT2D eigenvalue weighted by Crippen LogP contribution is -2.47. The van der Waals surface area contributed by atoms with Crippen LogP contribution >= 0.6 is 0 Å². The molecule has 11 heteroatoms. The van der Waals surface area contributed by atoms with E-state index in [4.69, 9.17) is 9.47 Å². The number of hydrogen-bond acceptors (Lipinski definition) is 8. The molecule has 2 aromatic carbocycles. The summed E-state index contributed by atoms with van der Waals surface area (Å²) in [5, 5.41) is 10.2. The Morgan fingerprint density at radius 1 is 1.09 bits per heavy atom. The van der Waals surface area contributed by atoms with Crippen LogP contribution in [0.25, 0.3) is 0 Å². The molecule has 0 fully saturated rings. The molecule has 2 heterocycles. The second-order valence-electron chi connectivity index (χ2n) is 12.0. The molecule has 1 amide bonds. The van der Waals surface area contributed by atoms with Crippen molar-refractivity contribution in [3.63, 3.8) is 0 Å². The maximum Gasteiger partial charge on any atom is 0.261 e. The lowest BCUT2D eigenvalue weighted by Gasteiger charge is -2.36. The summed E-state index contributed by atoms with van der Waals surface area (Å²) >= 11 is 0. The zero-order valence-electron chi connectivity index (χ0n) is 26.6. The number of aliphatic hydroxyl groups is 1. The molecular formula is C34H46N4O6S. The number of aromatic nitrogens is 1. The summed E-state index contributed by atoms with van der Waals surface area (Å²) in [5.41, 5.74) is 1.62.